The highest BCUT2D eigenvalue weighted by Crippen LogP contribution is 2.61. The largest absolute Gasteiger partial charge is 0.393 e. The molecule has 0 spiro atoms. The molecule has 2 aliphatic rings. The fourth-order valence-electron chi connectivity index (χ4n) is 3.93. The molecule has 1 N–H and O–H groups in total. The molecule has 2 bridgehead atoms. The molecule has 0 aliphatic heterocycles. The van der Waals surface area contributed by atoms with E-state index in [4.69, 9.17) is 0 Å². The first-order chi connectivity index (χ1) is 6.54. The van der Waals surface area contributed by atoms with Crippen LogP contribution in [0.25, 0.3) is 0 Å². The van der Waals surface area contributed by atoms with Crippen molar-refractivity contribution < 1.29 is 5.11 Å². The van der Waals surface area contributed by atoms with E-state index in [-0.39, 0.29) is 6.10 Å². The Hall–Kier alpha value is -0.0400. The molecule has 0 aromatic rings. The first-order valence-corrected chi connectivity index (χ1v) is 6.22. The first kappa shape index (κ1) is 10.5. The lowest BCUT2D eigenvalue weighted by molar-refractivity contribution is 0.0747. The van der Waals surface area contributed by atoms with Gasteiger partial charge in [-0.25, -0.2) is 0 Å². The van der Waals surface area contributed by atoms with E-state index in [0.29, 0.717) is 5.41 Å². The second-order valence-corrected chi connectivity index (χ2v) is 5.95. The van der Waals surface area contributed by atoms with Crippen molar-refractivity contribution in [3.63, 3.8) is 0 Å². The van der Waals surface area contributed by atoms with E-state index in [1.807, 2.05) is 6.92 Å². The van der Waals surface area contributed by atoms with Crippen LogP contribution in [0.4, 0.5) is 0 Å². The van der Waals surface area contributed by atoms with Gasteiger partial charge in [0, 0.05) is 0 Å². The molecule has 2 saturated carbocycles. The fraction of sp³-hybridized carbons (Fsp3) is 1.00. The maximum Gasteiger partial charge on any atom is 0.0512 e. The van der Waals surface area contributed by atoms with Crippen molar-refractivity contribution in [2.75, 3.05) is 0 Å². The molecular weight excluding hydrogens is 172 g/mol. The van der Waals surface area contributed by atoms with Crippen LogP contribution in [-0.4, -0.2) is 11.2 Å². The van der Waals surface area contributed by atoms with E-state index < -0.39 is 0 Å². The summed E-state index contributed by atoms with van der Waals surface area (Å²) in [5, 5.41) is 9.38. The van der Waals surface area contributed by atoms with Gasteiger partial charge in [-0.05, 0) is 62.2 Å². The van der Waals surface area contributed by atoms with Crippen LogP contribution in [-0.2, 0) is 0 Å². The van der Waals surface area contributed by atoms with Crippen LogP contribution in [0.5, 0.6) is 0 Å². The van der Waals surface area contributed by atoms with Gasteiger partial charge in [-0.15, -0.1) is 0 Å². The quantitative estimate of drug-likeness (QED) is 0.735. The van der Waals surface area contributed by atoms with Crippen LogP contribution in [0.1, 0.15) is 52.9 Å². The number of hydrogen-bond donors (Lipinski definition) is 1. The monoisotopic (exact) mass is 196 g/mol. The highest BCUT2D eigenvalue weighted by Gasteiger charge is 2.52. The molecular formula is C13H24O. The van der Waals surface area contributed by atoms with E-state index in [2.05, 4.69) is 13.8 Å². The van der Waals surface area contributed by atoms with E-state index in [9.17, 15) is 5.11 Å². The van der Waals surface area contributed by atoms with Gasteiger partial charge in [-0.1, -0.05) is 13.8 Å². The summed E-state index contributed by atoms with van der Waals surface area (Å²) in [4.78, 5) is 0. The van der Waals surface area contributed by atoms with Crippen molar-refractivity contribution in [2.24, 2.45) is 23.2 Å². The molecule has 5 unspecified atom stereocenters. The summed E-state index contributed by atoms with van der Waals surface area (Å²) >= 11 is 0. The van der Waals surface area contributed by atoms with Crippen LogP contribution in [0.15, 0.2) is 0 Å². The van der Waals surface area contributed by atoms with Gasteiger partial charge in [0.1, 0.15) is 0 Å². The van der Waals surface area contributed by atoms with Crippen molar-refractivity contribution in [3.05, 3.63) is 0 Å². The summed E-state index contributed by atoms with van der Waals surface area (Å²) in [6.07, 6.45) is 6.49. The van der Waals surface area contributed by atoms with Gasteiger partial charge in [0.2, 0.25) is 0 Å². The molecule has 0 amide bonds. The van der Waals surface area contributed by atoms with Crippen LogP contribution < -0.4 is 0 Å². The first-order valence-electron chi connectivity index (χ1n) is 6.22. The highest BCUT2D eigenvalue weighted by atomic mass is 16.3. The Morgan fingerprint density at radius 3 is 2.64 bits per heavy atom. The van der Waals surface area contributed by atoms with Crippen LogP contribution in [0, 0.1) is 23.2 Å². The fourth-order valence-corrected chi connectivity index (χ4v) is 3.93. The van der Waals surface area contributed by atoms with Gasteiger partial charge in [0.15, 0.2) is 0 Å². The van der Waals surface area contributed by atoms with E-state index in [0.717, 1.165) is 24.2 Å². The minimum absolute atomic E-state index is 0.113. The number of hydrogen-bond acceptors (Lipinski definition) is 1. The summed E-state index contributed by atoms with van der Waals surface area (Å²) in [6.45, 7) is 6.82. The maximum absolute atomic E-state index is 9.38. The van der Waals surface area contributed by atoms with Gasteiger partial charge < -0.3 is 5.11 Å². The maximum atomic E-state index is 9.38. The van der Waals surface area contributed by atoms with Crippen molar-refractivity contribution in [2.45, 2.75) is 59.0 Å². The lowest BCUT2D eigenvalue weighted by Gasteiger charge is -2.40. The molecule has 0 aromatic carbocycles. The van der Waals surface area contributed by atoms with Crippen LogP contribution in [0.2, 0.25) is 0 Å². The molecule has 0 heterocycles. The Bertz CT molecular complexity index is 207. The Labute approximate surface area is 87.9 Å². The molecule has 0 saturated heterocycles. The standard InChI is InChI=1S/C13H24O/c1-9(14)6-7-13(3)10(2)11-4-5-12(13)8-11/h9-12,14H,4-8H2,1-3H3. The van der Waals surface area contributed by atoms with Crippen molar-refractivity contribution in [1.82, 2.24) is 0 Å². The van der Waals surface area contributed by atoms with Gasteiger partial charge in [-0.2, -0.15) is 0 Å². The molecule has 0 radical (unpaired) electrons. The third-order valence-corrected chi connectivity index (χ3v) is 5.25. The van der Waals surface area contributed by atoms with Crippen molar-refractivity contribution >= 4 is 0 Å². The Morgan fingerprint density at radius 1 is 1.43 bits per heavy atom. The number of aliphatic hydroxyl groups excluding tert-OH is 1. The van der Waals surface area contributed by atoms with Gasteiger partial charge in [0.25, 0.3) is 0 Å². The molecule has 2 aliphatic carbocycles. The topological polar surface area (TPSA) is 20.2 Å². The van der Waals surface area contributed by atoms with E-state index >= 15 is 0 Å². The summed E-state index contributed by atoms with van der Waals surface area (Å²) in [5.41, 5.74) is 0.542. The molecule has 14 heavy (non-hydrogen) atoms. The van der Waals surface area contributed by atoms with Crippen LogP contribution >= 0.6 is 0 Å². The van der Waals surface area contributed by atoms with Gasteiger partial charge in [0.05, 0.1) is 6.10 Å². The highest BCUT2D eigenvalue weighted by molar-refractivity contribution is 5.02. The molecule has 82 valence electrons. The minimum Gasteiger partial charge on any atom is -0.393 e. The summed E-state index contributed by atoms with van der Waals surface area (Å²) in [6, 6.07) is 0. The number of aliphatic hydroxyl groups is 1. The predicted molar refractivity (Wildman–Crippen MR) is 59.0 cm³/mol. The molecule has 1 nitrogen and oxygen atoms in total. The molecule has 5 atom stereocenters. The second-order valence-electron chi connectivity index (χ2n) is 5.95. The second kappa shape index (κ2) is 3.52. The Balaban J connectivity index is 2.00. The van der Waals surface area contributed by atoms with Crippen LogP contribution in [0.3, 0.4) is 0 Å². The Kier molecular flexibility index (Phi) is 2.63. The number of fused-ring (bicyclic) bond motifs is 2. The zero-order valence-electron chi connectivity index (χ0n) is 9.79. The van der Waals surface area contributed by atoms with Gasteiger partial charge >= 0.3 is 0 Å². The Morgan fingerprint density at radius 2 is 2.14 bits per heavy atom. The van der Waals surface area contributed by atoms with E-state index in [1.165, 1.54) is 25.7 Å². The third kappa shape index (κ3) is 1.50. The number of rotatable bonds is 3. The van der Waals surface area contributed by atoms with Gasteiger partial charge in [-0.3, -0.25) is 0 Å². The summed E-state index contributed by atoms with van der Waals surface area (Å²) in [7, 11) is 0. The molecule has 2 fully saturated rings. The minimum atomic E-state index is -0.113. The SMILES string of the molecule is CC(O)CCC1(C)C2CCC(C2)C1C. The molecule has 1 heteroatoms. The lowest BCUT2D eigenvalue weighted by atomic mass is 9.65. The summed E-state index contributed by atoms with van der Waals surface area (Å²) < 4.78 is 0. The average molecular weight is 196 g/mol. The average Bonchev–Trinajstić information content (AvgIpc) is 2.68. The smallest absolute Gasteiger partial charge is 0.0512 e. The zero-order chi connectivity index (χ0) is 10.3. The lowest BCUT2D eigenvalue weighted by Crippen LogP contribution is -2.32. The summed E-state index contributed by atoms with van der Waals surface area (Å²) in [5.74, 6) is 2.85. The normalized spacial score (nSPS) is 48.4. The molecule has 2 rings (SSSR count). The third-order valence-electron chi connectivity index (χ3n) is 5.25. The van der Waals surface area contributed by atoms with E-state index in [1.54, 1.807) is 0 Å². The molecule has 0 aromatic heterocycles. The predicted octanol–water partition coefficient (Wildman–Crippen LogP) is 3.22. The van der Waals surface area contributed by atoms with Crippen molar-refractivity contribution in [1.29, 1.82) is 0 Å². The zero-order valence-corrected chi connectivity index (χ0v) is 9.79. The van der Waals surface area contributed by atoms with Crippen molar-refractivity contribution in [3.8, 4) is 0 Å².